The minimum absolute atomic E-state index is 0. The molecule has 0 radical (unpaired) electrons. The minimum atomic E-state index is -2.58. The Morgan fingerprint density at radius 2 is 1.24 bits per heavy atom. The van der Waals surface area contributed by atoms with Crippen LogP contribution >= 0.6 is 12.4 Å². The summed E-state index contributed by atoms with van der Waals surface area (Å²) in [6.45, 7) is 0.225. The molecule has 0 spiro atoms. The van der Waals surface area contributed by atoms with Crippen molar-refractivity contribution in [3.05, 3.63) is 107 Å². The molecule has 0 aliphatic rings. The van der Waals surface area contributed by atoms with Gasteiger partial charge in [0, 0.05) is 12.8 Å². The largest absolute Gasteiger partial charge is 0.280 e. The van der Waals surface area contributed by atoms with Crippen LogP contribution < -0.4 is 0 Å². The molecule has 46 heavy (non-hydrogen) atoms. The minimum Gasteiger partial charge on any atom is -0.244 e. The zero-order valence-corrected chi connectivity index (χ0v) is 24.7. The predicted molar refractivity (Wildman–Crippen MR) is 163 cm³/mol. The van der Waals surface area contributed by atoms with Crippen LogP contribution in [0.25, 0.3) is 22.1 Å². The summed E-state index contributed by atoms with van der Waals surface area (Å²) in [5.41, 5.74) is 2.75. The van der Waals surface area contributed by atoms with Crippen LogP contribution in [0.5, 0.6) is 0 Å². The highest BCUT2D eigenvalue weighted by atomic mass is 35.5. The van der Waals surface area contributed by atoms with Crippen molar-refractivity contribution in [1.82, 2.24) is 40.0 Å². The van der Waals surface area contributed by atoms with Crippen LogP contribution in [0.1, 0.15) is 42.0 Å². The van der Waals surface area contributed by atoms with Gasteiger partial charge in [-0.25, -0.2) is 31.9 Å². The van der Waals surface area contributed by atoms with E-state index in [1.807, 2.05) is 24.3 Å². The molecule has 4 heterocycles. The van der Waals surface area contributed by atoms with Gasteiger partial charge >= 0.3 is 0 Å². The van der Waals surface area contributed by atoms with Gasteiger partial charge in [0.2, 0.25) is 0 Å². The molecule has 4 aromatic heterocycles. The van der Waals surface area contributed by atoms with Crippen molar-refractivity contribution in [2.24, 2.45) is 0 Å². The summed E-state index contributed by atoms with van der Waals surface area (Å²) in [7, 11) is 0. The van der Waals surface area contributed by atoms with E-state index >= 15 is 0 Å². The molecular formula is C32H24ClF5N8. The quantitative estimate of drug-likeness (QED) is 0.148. The molecule has 0 fully saturated rings. The third kappa shape index (κ3) is 8.83. The number of aromatic nitrogens is 8. The summed E-state index contributed by atoms with van der Waals surface area (Å²) < 4.78 is 64.2. The molecule has 0 N–H and O–H groups in total. The van der Waals surface area contributed by atoms with Crippen molar-refractivity contribution in [3.8, 4) is 23.7 Å². The Morgan fingerprint density at radius 3 is 1.87 bits per heavy atom. The fourth-order valence-corrected chi connectivity index (χ4v) is 3.96. The molecule has 0 aliphatic heterocycles. The number of fused-ring (bicyclic) bond motifs is 2. The summed E-state index contributed by atoms with van der Waals surface area (Å²) in [4.78, 5) is 10.7. The first-order valence-electron chi connectivity index (χ1n) is 13.6. The van der Waals surface area contributed by atoms with Crippen molar-refractivity contribution in [2.45, 2.75) is 39.0 Å². The van der Waals surface area contributed by atoms with Gasteiger partial charge in [0.05, 0.1) is 18.8 Å². The van der Waals surface area contributed by atoms with Crippen LogP contribution in [0.4, 0.5) is 22.0 Å². The van der Waals surface area contributed by atoms with E-state index in [0.717, 1.165) is 17.1 Å². The normalized spacial score (nSPS) is 10.4. The van der Waals surface area contributed by atoms with Gasteiger partial charge in [-0.15, -0.1) is 12.4 Å². The van der Waals surface area contributed by atoms with Gasteiger partial charge in [0.15, 0.2) is 17.2 Å². The van der Waals surface area contributed by atoms with E-state index < -0.39 is 24.7 Å². The van der Waals surface area contributed by atoms with Crippen LogP contribution in [0.15, 0.2) is 72.8 Å². The summed E-state index contributed by atoms with van der Waals surface area (Å²) in [6.07, 6.45) is -1.67. The first-order valence-corrected chi connectivity index (χ1v) is 13.6. The Hall–Kier alpha value is -5.40. The molecule has 234 valence electrons. The van der Waals surface area contributed by atoms with E-state index in [1.54, 1.807) is 29.1 Å². The van der Waals surface area contributed by atoms with Gasteiger partial charge < -0.3 is 0 Å². The lowest BCUT2D eigenvalue weighted by atomic mass is 10.3. The number of halogens is 6. The summed E-state index contributed by atoms with van der Waals surface area (Å²) in [5, 5.41) is 16.6. The van der Waals surface area contributed by atoms with Crippen molar-refractivity contribution in [3.63, 3.8) is 0 Å². The molecule has 6 rings (SSSR count). The summed E-state index contributed by atoms with van der Waals surface area (Å²) >= 11 is 0. The van der Waals surface area contributed by atoms with E-state index in [1.165, 1.54) is 23.0 Å². The van der Waals surface area contributed by atoms with E-state index in [2.05, 4.69) is 54.0 Å². The zero-order chi connectivity index (χ0) is 31.6. The predicted octanol–water partition coefficient (Wildman–Crippen LogP) is 6.64. The number of nitrogens with zero attached hydrogens (tertiary/aromatic N) is 8. The van der Waals surface area contributed by atoms with Gasteiger partial charge in [-0.2, -0.15) is 30.0 Å². The van der Waals surface area contributed by atoms with Gasteiger partial charge in [0.25, 0.3) is 6.43 Å². The van der Waals surface area contributed by atoms with E-state index in [9.17, 15) is 22.0 Å². The highest BCUT2D eigenvalue weighted by Gasteiger charge is 2.12. The molecule has 0 atom stereocenters. The average Bonchev–Trinajstić information content (AvgIpc) is 3.68. The van der Waals surface area contributed by atoms with Crippen molar-refractivity contribution in [2.75, 3.05) is 0 Å². The lowest BCUT2D eigenvalue weighted by Crippen LogP contribution is -2.01. The zero-order valence-electron chi connectivity index (χ0n) is 23.9. The summed E-state index contributed by atoms with van der Waals surface area (Å²) in [6, 6.07) is 19.4. The standard InChI is InChI=1S/C16H11F3N4.C16H12F2N4.ClH/c17-10-12-6-3-5-11(20-12)4-1-2-9-23-21-14-8-7-13(18)15(19)16(14)22-23;17-16(18)15-10-5-7-12(19-15)6-3-4-11-22-20-13-8-1-2-9-14(13)21-22;/h3,5-8H,2,9-10H2;1-2,5,7-10,16H,4,11H2;1H. The molecule has 0 saturated carbocycles. The van der Waals surface area contributed by atoms with Gasteiger partial charge in [-0.3, -0.25) is 0 Å². The highest BCUT2D eigenvalue weighted by Crippen LogP contribution is 2.17. The lowest BCUT2D eigenvalue weighted by molar-refractivity contribution is 0.146. The first-order chi connectivity index (χ1) is 21.9. The van der Waals surface area contributed by atoms with E-state index in [4.69, 9.17) is 0 Å². The topological polar surface area (TPSA) is 87.2 Å². The third-order valence-corrected chi connectivity index (χ3v) is 6.06. The maximum absolute atomic E-state index is 13.5. The average molecular weight is 651 g/mol. The highest BCUT2D eigenvalue weighted by molar-refractivity contribution is 5.85. The third-order valence-electron chi connectivity index (χ3n) is 6.06. The number of rotatable bonds is 6. The van der Waals surface area contributed by atoms with Crippen LogP contribution in [-0.2, 0) is 19.8 Å². The molecular weight excluding hydrogens is 627 g/mol. The van der Waals surface area contributed by atoms with Crippen molar-refractivity contribution in [1.29, 1.82) is 0 Å². The van der Waals surface area contributed by atoms with Crippen LogP contribution in [0.3, 0.4) is 0 Å². The first kappa shape index (κ1) is 33.5. The Kier molecular flexibility index (Phi) is 11.7. The monoisotopic (exact) mass is 650 g/mol. The number of hydrogen-bond donors (Lipinski definition) is 0. The van der Waals surface area contributed by atoms with Gasteiger partial charge in [-0.05, 0) is 60.4 Å². The van der Waals surface area contributed by atoms with Crippen LogP contribution in [0.2, 0.25) is 0 Å². The Balaban J connectivity index is 0.000000205. The summed E-state index contributed by atoms with van der Waals surface area (Å²) in [5.74, 6) is 9.40. The number of hydrogen-bond acceptors (Lipinski definition) is 6. The van der Waals surface area contributed by atoms with Gasteiger partial charge in [0.1, 0.15) is 40.3 Å². The maximum Gasteiger partial charge on any atom is 0.280 e. The second kappa shape index (κ2) is 16.1. The molecule has 6 aromatic rings. The fourth-order valence-electron chi connectivity index (χ4n) is 3.96. The van der Waals surface area contributed by atoms with Crippen LogP contribution in [-0.4, -0.2) is 40.0 Å². The maximum atomic E-state index is 13.5. The lowest BCUT2D eigenvalue weighted by Gasteiger charge is -1.97. The SMILES string of the molecule is Cl.FC(F)c1cccc(C#CCCn2nc3ccccc3n2)n1.FCc1cccc(C#CCCn2nc3ccc(F)c(F)c3n2)n1. The molecule has 0 aliphatic carbocycles. The molecule has 0 bridgehead atoms. The number of benzene rings is 2. The van der Waals surface area contributed by atoms with Crippen molar-refractivity contribution >= 4 is 34.5 Å². The number of aryl methyl sites for hydroxylation is 2. The van der Waals surface area contributed by atoms with Crippen molar-refractivity contribution < 1.29 is 22.0 Å². The Morgan fingerprint density at radius 1 is 0.652 bits per heavy atom. The Bertz CT molecular complexity index is 2020. The Labute approximate surface area is 266 Å². The molecule has 0 saturated heterocycles. The molecule has 14 heteroatoms. The molecule has 0 amide bonds. The van der Waals surface area contributed by atoms with Crippen LogP contribution in [0, 0.1) is 35.3 Å². The molecule has 8 nitrogen and oxygen atoms in total. The molecule has 2 aromatic carbocycles. The second-order valence-corrected chi connectivity index (χ2v) is 9.31. The fraction of sp³-hybridized carbons (Fsp3) is 0.188. The smallest absolute Gasteiger partial charge is 0.244 e. The van der Waals surface area contributed by atoms with E-state index in [-0.39, 0.29) is 29.1 Å². The second-order valence-electron chi connectivity index (χ2n) is 9.31. The number of pyridine rings is 2. The van der Waals surface area contributed by atoms with Gasteiger partial charge in [-0.1, -0.05) is 36.1 Å². The van der Waals surface area contributed by atoms with E-state index in [0.29, 0.717) is 43.0 Å². The number of alkyl halides is 3. The molecule has 0 unspecified atom stereocenters.